The predicted molar refractivity (Wildman–Crippen MR) is 75.2 cm³/mol. The first-order chi connectivity index (χ1) is 8.58. The Labute approximate surface area is 110 Å². The highest BCUT2D eigenvalue weighted by Crippen LogP contribution is 2.27. The highest BCUT2D eigenvalue weighted by Gasteiger charge is 2.13. The molecule has 0 heterocycles. The third-order valence-electron chi connectivity index (χ3n) is 2.87. The van der Waals surface area contributed by atoms with Crippen molar-refractivity contribution in [2.75, 3.05) is 20.3 Å². The quantitative estimate of drug-likeness (QED) is 0.808. The van der Waals surface area contributed by atoms with Gasteiger partial charge in [-0.2, -0.15) is 0 Å². The van der Waals surface area contributed by atoms with Crippen LogP contribution >= 0.6 is 0 Å². The zero-order valence-electron chi connectivity index (χ0n) is 12.1. The lowest BCUT2D eigenvalue weighted by Crippen LogP contribution is -2.22. The lowest BCUT2D eigenvalue weighted by atomic mass is 10.0. The largest absolute Gasteiger partial charge is 0.488 e. The van der Waals surface area contributed by atoms with Gasteiger partial charge in [-0.3, -0.25) is 0 Å². The van der Waals surface area contributed by atoms with Gasteiger partial charge in [-0.05, 0) is 33.4 Å². The Bertz CT molecular complexity index is 366. The van der Waals surface area contributed by atoms with Crippen LogP contribution in [-0.2, 0) is 4.74 Å². The third-order valence-corrected chi connectivity index (χ3v) is 2.87. The van der Waals surface area contributed by atoms with Crippen molar-refractivity contribution in [2.24, 2.45) is 0 Å². The van der Waals surface area contributed by atoms with Crippen LogP contribution in [0.5, 0.6) is 5.75 Å². The molecular weight excluding hydrogens is 226 g/mol. The van der Waals surface area contributed by atoms with Crippen LogP contribution in [0, 0.1) is 6.92 Å². The molecule has 0 fully saturated rings. The van der Waals surface area contributed by atoms with E-state index in [1.165, 1.54) is 11.1 Å². The van der Waals surface area contributed by atoms with Crippen LogP contribution in [0.15, 0.2) is 18.2 Å². The number of aryl methyl sites for hydroxylation is 1. The molecule has 18 heavy (non-hydrogen) atoms. The van der Waals surface area contributed by atoms with E-state index in [0.29, 0.717) is 12.6 Å². The SMILES string of the molecule is CCNC(C)c1cc(C)ccc1OC(C)COC. The summed E-state index contributed by atoms with van der Waals surface area (Å²) in [5.41, 5.74) is 2.46. The minimum Gasteiger partial charge on any atom is -0.488 e. The van der Waals surface area contributed by atoms with E-state index < -0.39 is 0 Å². The van der Waals surface area contributed by atoms with Crippen LogP contribution in [0.3, 0.4) is 0 Å². The number of methoxy groups -OCH3 is 1. The molecule has 0 spiro atoms. The van der Waals surface area contributed by atoms with Crippen LogP contribution < -0.4 is 10.1 Å². The van der Waals surface area contributed by atoms with Gasteiger partial charge in [0.05, 0.1) is 6.61 Å². The Hall–Kier alpha value is -1.06. The van der Waals surface area contributed by atoms with E-state index in [1.807, 2.05) is 13.0 Å². The number of nitrogens with one attached hydrogen (secondary N) is 1. The summed E-state index contributed by atoms with van der Waals surface area (Å²) >= 11 is 0. The van der Waals surface area contributed by atoms with Gasteiger partial charge in [0.25, 0.3) is 0 Å². The summed E-state index contributed by atoms with van der Waals surface area (Å²) in [5.74, 6) is 0.943. The predicted octanol–water partition coefficient (Wildman–Crippen LogP) is 3.08. The summed E-state index contributed by atoms with van der Waals surface area (Å²) in [4.78, 5) is 0. The maximum atomic E-state index is 5.94. The van der Waals surface area contributed by atoms with Gasteiger partial charge >= 0.3 is 0 Å². The Balaban J connectivity index is 2.88. The van der Waals surface area contributed by atoms with E-state index in [9.17, 15) is 0 Å². The Morgan fingerprint density at radius 1 is 1.28 bits per heavy atom. The number of hydrogen-bond donors (Lipinski definition) is 1. The second kappa shape index (κ2) is 7.39. The lowest BCUT2D eigenvalue weighted by molar-refractivity contribution is 0.0910. The highest BCUT2D eigenvalue weighted by atomic mass is 16.5. The van der Waals surface area contributed by atoms with Gasteiger partial charge in [-0.15, -0.1) is 0 Å². The molecule has 0 aliphatic carbocycles. The van der Waals surface area contributed by atoms with Gasteiger partial charge in [0.1, 0.15) is 11.9 Å². The van der Waals surface area contributed by atoms with Crippen molar-refractivity contribution < 1.29 is 9.47 Å². The smallest absolute Gasteiger partial charge is 0.124 e. The van der Waals surface area contributed by atoms with Gasteiger partial charge < -0.3 is 14.8 Å². The van der Waals surface area contributed by atoms with Crippen molar-refractivity contribution in [3.63, 3.8) is 0 Å². The summed E-state index contributed by atoms with van der Waals surface area (Å²) in [5, 5.41) is 3.42. The van der Waals surface area contributed by atoms with E-state index in [0.717, 1.165) is 12.3 Å². The van der Waals surface area contributed by atoms with E-state index in [2.05, 4.69) is 38.2 Å². The molecule has 3 nitrogen and oxygen atoms in total. The van der Waals surface area contributed by atoms with Crippen molar-refractivity contribution in [1.82, 2.24) is 5.32 Å². The molecule has 0 bridgehead atoms. The monoisotopic (exact) mass is 251 g/mol. The van der Waals surface area contributed by atoms with E-state index >= 15 is 0 Å². The van der Waals surface area contributed by atoms with E-state index in [4.69, 9.17) is 9.47 Å². The maximum Gasteiger partial charge on any atom is 0.124 e. The third kappa shape index (κ3) is 4.31. The van der Waals surface area contributed by atoms with Gasteiger partial charge in [0.2, 0.25) is 0 Å². The fraction of sp³-hybridized carbons (Fsp3) is 0.600. The fourth-order valence-electron chi connectivity index (χ4n) is 2.02. The molecule has 102 valence electrons. The van der Waals surface area contributed by atoms with E-state index in [1.54, 1.807) is 7.11 Å². The molecule has 0 radical (unpaired) electrons. The molecule has 0 aliphatic rings. The first-order valence-electron chi connectivity index (χ1n) is 6.58. The minimum atomic E-state index is 0.0604. The second-order valence-corrected chi connectivity index (χ2v) is 4.70. The second-order valence-electron chi connectivity index (χ2n) is 4.70. The van der Waals surface area contributed by atoms with Crippen LogP contribution in [0.25, 0.3) is 0 Å². The molecular formula is C15H25NO2. The first kappa shape index (κ1) is 15.0. The Morgan fingerprint density at radius 2 is 2.00 bits per heavy atom. The number of benzene rings is 1. The standard InChI is InChI=1S/C15H25NO2/c1-6-16-13(4)14-9-11(2)7-8-15(14)18-12(3)10-17-5/h7-9,12-13,16H,6,10H2,1-5H3. The molecule has 0 aromatic heterocycles. The average Bonchev–Trinajstić information content (AvgIpc) is 2.32. The van der Waals surface area contributed by atoms with E-state index in [-0.39, 0.29) is 6.10 Å². The molecule has 1 rings (SSSR count). The fourth-order valence-corrected chi connectivity index (χ4v) is 2.02. The molecule has 0 aliphatic heterocycles. The Kier molecular flexibility index (Phi) is 6.16. The summed E-state index contributed by atoms with van der Waals surface area (Å²) < 4.78 is 11.1. The minimum absolute atomic E-state index is 0.0604. The van der Waals surface area contributed by atoms with Crippen molar-refractivity contribution >= 4 is 0 Å². The normalized spacial score (nSPS) is 14.3. The Morgan fingerprint density at radius 3 is 2.61 bits per heavy atom. The summed E-state index contributed by atoms with van der Waals surface area (Å²) in [6.45, 7) is 9.94. The molecule has 0 amide bonds. The van der Waals surface area contributed by atoms with Crippen LogP contribution in [0.4, 0.5) is 0 Å². The average molecular weight is 251 g/mol. The topological polar surface area (TPSA) is 30.5 Å². The molecule has 2 unspecified atom stereocenters. The first-order valence-corrected chi connectivity index (χ1v) is 6.58. The summed E-state index contributed by atoms with van der Waals surface area (Å²) in [6.07, 6.45) is 0.0604. The number of rotatable bonds is 7. The molecule has 3 heteroatoms. The lowest BCUT2D eigenvalue weighted by Gasteiger charge is -2.21. The van der Waals surface area contributed by atoms with Crippen molar-refractivity contribution in [3.8, 4) is 5.75 Å². The van der Waals surface area contributed by atoms with Crippen LogP contribution in [0.1, 0.15) is 37.9 Å². The number of ether oxygens (including phenoxy) is 2. The van der Waals surface area contributed by atoms with Gasteiger partial charge in [-0.25, -0.2) is 0 Å². The molecule has 2 atom stereocenters. The molecule has 0 saturated heterocycles. The van der Waals surface area contributed by atoms with Crippen molar-refractivity contribution in [3.05, 3.63) is 29.3 Å². The van der Waals surface area contributed by atoms with Crippen molar-refractivity contribution in [1.29, 1.82) is 0 Å². The molecule has 1 N–H and O–H groups in total. The van der Waals surface area contributed by atoms with Gasteiger partial charge in [-0.1, -0.05) is 24.6 Å². The van der Waals surface area contributed by atoms with Crippen molar-refractivity contribution in [2.45, 2.75) is 39.8 Å². The van der Waals surface area contributed by atoms with Gasteiger partial charge in [0.15, 0.2) is 0 Å². The van der Waals surface area contributed by atoms with Crippen LogP contribution in [0.2, 0.25) is 0 Å². The maximum absolute atomic E-state index is 5.94. The number of hydrogen-bond acceptors (Lipinski definition) is 3. The summed E-state index contributed by atoms with van der Waals surface area (Å²) in [7, 11) is 1.69. The van der Waals surface area contributed by atoms with Gasteiger partial charge in [0, 0.05) is 18.7 Å². The summed E-state index contributed by atoms with van der Waals surface area (Å²) in [6, 6.07) is 6.60. The molecule has 1 aromatic rings. The molecule has 1 aromatic carbocycles. The zero-order valence-corrected chi connectivity index (χ0v) is 12.1. The zero-order chi connectivity index (χ0) is 13.5. The highest BCUT2D eigenvalue weighted by molar-refractivity contribution is 5.39. The van der Waals surface area contributed by atoms with Crippen LogP contribution in [-0.4, -0.2) is 26.4 Å². The molecule has 0 saturated carbocycles.